The van der Waals surface area contributed by atoms with Gasteiger partial charge in [0, 0.05) is 24.3 Å². The van der Waals surface area contributed by atoms with Crippen molar-refractivity contribution in [3.05, 3.63) is 23.9 Å². The molecule has 3 rings (SSSR count). The molecule has 1 N–H and O–H groups in total. The Morgan fingerprint density at radius 3 is 2.68 bits per heavy atom. The fourth-order valence-corrected chi connectivity index (χ4v) is 3.05. The number of anilines is 1. The summed E-state index contributed by atoms with van der Waals surface area (Å²) in [6.07, 6.45) is 8.63. The van der Waals surface area contributed by atoms with E-state index in [0.29, 0.717) is 18.1 Å². The van der Waals surface area contributed by atoms with Crippen molar-refractivity contribution in [3.8, 4) is 0 Å². The van der Waals surface area contributed by atoms with Gasteiger partial charge < -0.3 is 5.32 Å². The van der Waals surface area contributed by atoms with Crippen molar-refractivity contribution in [2.45, 2.75) is 64.1 Å². The van der Waals surface area contributed by atoms with E-state index in [1.54, 1.807) is 0 Å². The number of hydrogen-bond donors (Lipinski definition) is 1. The van der Waals surface area contributed by atoms with Gasteiger partial charge in [0.05, 0.1) is 0 Å². The molecule has 0 radical (unpaired) electrons. The number of hydrogen-bond acceptors (Lipinski definition) is 3. The molecule has 1 saturated carbocycles. The molecular weight excluding hydrogens is 234 g/mol. The minimum atomic E-state index is 0.566. The van der Waals surface area contributed by atoms with Gasteiger partial charge in [-0.1, -0.05) is 12.5 Å². The third kappa shape index (κ3) is 3.08. The van der Waals surface area contributed by atoms with Crippen molar-refractivity contribution in [1.29, 1.82) is 0 Å². The first kappa shape index (κ1) is 12.9. The van der Waals surface area contributed by atoms with E-state index in [-0.39, 0.29) is 0 Å². The molecule has 1 aliphatic carbocycles. The lowest BCUT2D eigenvalue weighted by Gasteiger charge is -2.38. The molecular formula is C16H25N3. The zero-order valence-corrected chi connectivity index (χ0v) is 12.1. The number of nitrogens with zero attached hydrogens (tertiary/aromatic N) is 2. The van der Waals surface area contributed by atoms with Crippen LogP contribution in [0.3, 0.4) is 0 Å². The van der Waals surface area contributed by atoms with Gasteiger partial charge in [-0.05, 0) is 57.7 Å². The maximum Gasteiger partial charge on any atom is 0.126 e. The molecule has 0 unspecified atom stereocenters. The van der Waals surface area contributed by atoms with Gasteiger partial charge in [-0.2, -0.15) is 0 Å². The van der Waals surface area contributed by atoms with Gasteiger partial charge in [-0.25, -0.2) is 4.98 Å². The first-order valence-electron chi connectivity index (χ1n) is 7.72. The van der Waals surface area contributed by atoms with Crippen LogP contribution in [-0.4, -0.2) is 28.5 Å². The van der Waals surface area contributed by atoms with Gasteiger partial charge in [-0.15, -0.1) is 0 Å². The van der Waals surface area contributed by atoms with E-state index in [9.17, 15) is 0 Å². The second kappa shape index (κ2) is 5.49. The Bertz CT molecular complexity index is 409. The summed E-state index contributed by atoms with van der Waals surface area (Å²) in [6.45, 7) is 5.83. The monoisotopic (exact) mass is 259 g/mol. The summed E-state index contributed by atoms with van der Waals surface area (Å²) < 4.78 is 0. The molecule has 3 nitrogen and oxygen atoms in total. The van der Waals surface area contributed by atoms with Crippen LogP contribution in [0.1, 0.15) is 57.6 Å². The summed E-state index contributed by atoms with van der Waals surface area (Å²) in [5, 5.41) is 3.46. The third-order valence-corrected chi connectivity index (χ3v) is 4.31. The van der Waals surface area contributed by atoms with E-state index >= 15 is 0 Å². The van der Waals surface area contributed by atoms with Crippen LogP contribution in [0.25, 0.3) is 0 Å². The van der Waals surface area contributed by atoms with Crippen molar-refractivity contribution >= 4 is 5.82 Å². The molecule has 104 valence electrons. The van der Waals surface area contributed by atoms with E-state index in [0.717, 1.165) is 5.82 Å². The number of piperidine rings is 1. The predicted molar refractivity (Wildman–Crippen MR) is 79.3 cm³/mol. The van der Waals surface area contributed by atoms with Gasteiger partial charge in [0.1, 0.15) is 5.82 Å². The van der Waals surface area contributed by atoms with E-state index in [4.69, 9.17) is 0 Å². The normalized spacial score (nSPS) is 24.7. The van der Waals surface area contributed by atoms with E-state index < -0.39 is 0 Å². The Labute approximate surface area is 116 Å². The van der Waals surface area contributed by atoms with Gasteiger partial charge in [0.2, 0.25) is 0 Å². The van der Waals surface area contributed by atoms with Crippen molar-refractivity contribution in [3.63, 3.8) is 0 Å². The molecule has 0 aromatic carbocycles. The number of likely N-dealkylation sites (tertiary alicyclic amines) is 1. The third-order valence-electron chi connectivity index (χ3n) is 4.31. The maximum absolute atomic E-state index is 4.59. The largest absolute Gasteiger partial charge is 0.367 e. The van der Waals surface area contributed by atoms with Crippen molar-refractivity contribution < 1.29 is 0 Å². The molecule has 0 spiro atoms. The zero-order chi connectivity index (χ0) is 13.2. The molecule has 1 atom stereocenters. The molecule has 1 saturated heterocycles. The van der Waals surface area contributed by atoms with Gasteiger partial charge in [0.25, 0.3) is 0 Å². The predicted octanol–water partition coefficient (Wildman–Crippen LogP) is 3.59. The summed E-state index contributed by atoms with van der Waals surface area (Å²) in [6, 6.07) is 6.29. The molecule has 0 bridgehead atoms. The van der Waals surface area contributed by atoms with Crippen LogP contribution in [0.5, 0.6) is 0 Å². The second-order valence-corrected chi connectivity index (χ2v) is 6.24. The first-order chi connectivity index (χ1) is 9.24. The maximum atomic E-state index is 4.59. The number of nitrogens with one attached hydrogen (secondary N) is 1. The smallest absolute Gasteiger partial charge is 0.126 e. The Morgan fingerprint density at radius 1 is 1.21 bits per heavy atom. The minimum Gasteiger partial charge on any atom is -0.367 e. The molecule has 2 aliphatic rings. The molecule has 2 heterocycles. The topological polar surface area (TPSA) is 28.2 Å². The average molecular weight is 259 g/mol. The molecule has 1 aromatic heterocycles. The van der Waals surface area contributed by atoms with Crippen LogP contribution in [0.15, 0.2) is 18.3 Å². The zero-order valence-electron chi connectivity index (χ0n) is 12.1. The Kier molecular flexibility index (Phi) is 3.74. The molecule has 3 heteroatoms. The molecule has 19 heavy (non-hydrogen) atoms. The van der Waals surface area contributed by atoms with Gasteiger partial charge in [0.15, 0.2) is 0 Å². The highest BCUT2D eigenvalue weighted by molar-refractivity contribution is 5.38. The summed E-state index contributed by atoms with van der Waals surface area (Å²) in [5.41, 5.74) is 1.38. The molecule has 1 aromatic rings. The fourth-order valence-electron chi connectivity index (χ4n) is 3.05. The lowest BCUT2D eigenvalue weighted by molar-refractivity contribution is 0.112. The van der Waals surface area contributed by atoms with Crippen LogP contribution in [0.4, 0.5) is 5.82 Å². The molecule has 0 amide bonds. The average Bonchev–Trinajstić information content (AvgIpc) is 3.23. The van der Waals surface area contributed by atoms with Gasteiger partial charge in [-0.3, -0.25) is 4.90 Å². The van der Waals surface area contributed by atoms with Crippen LogP contribution >= 0.6 is 0 Å². The molecule has 1 aliphatic heterocycles. The molecule has 2 fully saturated rings. The SMILES string of the molecule is CC(C)N1CCCC[C@H]1c1ccc(NC2CC2)nc1. The summed E-state index contributed by atoms with van der Waals surface area (Å²) in [5.74, 6) is 1.04. The lowest BCUT2D eigenvalue weighted by Crippen LogP contribution is -2.38. The second-order valence-electron chi connectivity index (χ2n) is 6.24. The number of rotatable bonds is 4. The van der Waals surface area contributed by atoms with Crippen LogP contribution in [0, 0.1) is 0 Å². The van der Waals surface area contributed by atoms with Crippen LogP contribution in [-0.2, 0) is 0 Å². The van der Waals surface area contributed by atoms with E-state index in [1.165, 1.54) is 44.2 Å². The fraction of sp³-hybridized carbons (Fsp3) is 0.688. The van der Waals surface area contributed by atoms with Crippen molar-refractivity contribution in [2.75, 3.05) is 11.9 Å². The van der Waals surface area contributed by atoms with Gasteiger partial charge >= 0.3 is 0 Å². The highest BCUT2D eigenvalue weighted by Gasteiger charge is 2.26. The standard InChI is InChI=1S/C16H25N3/c1-12(2)19-10-4-3-5-15(19)13-6-9-16(17-11-13)18-14-7-8-14/h6,9,11-12,14-15H,3-5,7-8,10H2,1-2H3,(H,17,18)/t15-/m0/s1. The lowest BCUT2D eigenvalue weighted by atomic mass is 9.95. The number of aromatic nitrogens is 1. The van der Waals surface area contributed by atoms with Crippen molar-refractivity contribution in [1.82, 2.24) is 9.88 Å². The summed E-state index contributed by atoms with van der Waals surface area (Å²) in [7, 11) is 0. The first-order valence-corrected chi connectivity index (χ1v) is 7.72. The van der Waals surface area contributed by atoms with E-state index in [1.807, 2.05) is 0 Å². The Hall–Kier alpha value is -1.09. The highest BCUT2D eigenvalue weighted by atomic mass is 15.2. The highest BCUT2D eigenvalue weighted by Crippen LogP contribution is 2.32. The van der Waals surface area contributed by atoms with E-state index in [2.05, 4.69) is 47.4 Å². The Morgan fingerprint density at radius 2 is 2.05 bits per heavy atom. The minimum absolute atomic E-state index is 0.566. The van der Waals surface area contributed by atoms with Crippen LogP contribution in [0.2, 0.25) is 0 Å². The Balaban J connectivity index is 1.71. The number of pyridine rings is 1. The van der Waals surface area contributed by atoms with Crippen molar-refractivity contribution in [2.24, 2.45) is 0 Å². The van der Waals surface area contributed by atoms with Crippen LogP contribution < -0.4 is 5.32 Å². The summed E-state index contributed by atoms with van der Waals surface area (Å²) in [4.78, 5) is 7.21. The summed E-state index contributed by atoms with van der Waals surface area (Å²) >= 11 is 0. The quantitative estimate of drug-likeness (QED) is 0.895.